The Balaban J connectivity index is 0.968. The van der Waals surface area contributed by atoms with Crippen LogP contribution in [0.4, 0.5) is 0 Å². The monoisotopic (exact) mass is 658 g/mol. The maximum absolute atomic E-state index is 6.00. The second-order valence-electron chi connectivity index (χ2n) is 12.4. The highest BCUT2D eigenvalue weighted by Crippen LogP contribution is 2.37. The number of thiophene rings is 1. The lowest BCUT2D eigenvalue weighted by molar-refractivity contribution is 0.667. The fourth-order valence-corrected chi connectivity index (χ4v) is 7.93. The van der Waals surface area contributed by atoms with Crippen molar-refractivity contribution < 1.29 is 4.42 Å². The summed E-state index contributed by atoms with van der Waals surface area (Å²) in [4.78, 5) is 18.3. The van der Waals surface area contributed by atoms with Crippen molar-refractivity contribution in [3.63, 3.8) is 0 Å². The Hall–Kier alpha value is -6.50. The summed E-state index contributed by atoms with van der Waals surface area (Å²) in [6.07, 6.45) is 5.17. The maximum Gasteiger partial charge on any atom is 0.163 e. The first-order valence-electron chi connectivity index (χ1n) is 16.4. The fourth-order valence-electron chi connectivity index (χ4n) is 6.85. The highest BCUT2D eigenvalue weighted by atomic mass is 32.1. The van der Waals surface area contributed by atoms with Gasteiger partial charge in [-0.3, -0.25) is 4.98 Å². The molecule has 0 saturated heterocycles. The molecule has 0 spiro atoms. The molecule has 0 unspecified atom stereocenters. The first-order valence-corrected chi connectivity index (χ1v) is 17.2. The van der Waals surface area contributed by atoms with Crippen molar-refractivity contribution in [1.29, 1.82) is 0 Å². The maximum atomic E-state index is 6.00. The fraction of sp³-hybridized carbons (Fsp3) is 0. The Bertz CT molecular complexity index is 2710. The molecule has 0 radical (unpaired) electrons. The smallest absolute Gasteiger partial charge is 0.163 e. The lowest BCUT2D eigenvalue weighted by Gasteiger charge is -2.09. The van der Waals surface area contributed by atoms with Crippen LogP contribution in [0.15, 0.2) is 163 Å². The number of benzene rings is 6. The molecule has 0 amide bonds. The number of fused-ring (bicyclic) bond motifs is 6. The zero-order valence-corrected chi connectivity index (χ0v) is 27.4. The van der Waals surface area contributed by atoms with Gasteiger partial charge in [0.25, 0.3) is 0 Å². The summed E-state index contributed by atoms with van der Waals surface area (Å²) in [6, 6.07) is 49.1. The van der Waals surface area contributed by atoms with Crippen molar-refractivity contribution >= 4 is 53.4 Å². The second kappa shape index (κ2) is 11.6. The molecule has 0 bridgehead atoms. The van der Waals surface area contributed by atoms with Crippen LogP contribution in [0.5, 0.6) is 0 Å². The Labute approximate surface area is 291 Å². The molecule has 4 aromatic heterocycles. The minimum atomic E-state index is 0.636. The van der Waals surface area contributed by atoms with Crippen molar-refractivity contribution in [3.05, 3.63) is 158 Å². The van der Waals surface area contributed by atoms with Gasteiger partial charge in [-0.2, -0.15) is 0 Å². The average molecular weight is 659 g/mol. The highest BCUT2D eigenvalue weighted by molar-refractivity contribution is 7.25. The van der Waals surface area contributed by atoms with Gasteiger partial charge in [-0.25, -0.2) is 15.0 Å². The topological polar surface area (TPSA) is 64.7 Å². The van der Waals surface area contributed by atoms with Gasteiger partial charge in [-0.1, -0.05) is 84.9 Å². The average Bonchev–Trinajstić information content (AvgIpc) is 3.76. The van der Waals surface area contributed by atoms with Gasteiger partial charge in [0.1, 0.15) is 11.9 Å². The molecule has 0 aliphatic rings. The molecular formula is C44H26N4OS. The predicted molar refractivity (Wildman–Crippen MR) is 205 cm³/mol. The summed E-state index contributed by atoms with van der Waals surface area (Å²) in [5, 5.41) is 4.73. The van der Waals surface area contributed by atoms with Crippen molar-refractivity contribution in [3.8, 4) is 56.2 Å². The molecule has 5 nitrogen and oxygen atoms in total. The third kappa shape index (κ3) is 4.93. The molecule has 234 valence electrons. The molecule has 6 heteroatoms. The van der Waals surface area contributed by atoms with Crippen LogP contribution in [-0.4, -0.2) is 19.9 Å². The first kappa shape index (κ1) is 28.5. The van der Waals surface area contributed by atoms with E-state index in [0.29, 0.717) is 11.6 Å². The normalized spacial score (nSPS) is 11.6. The minimum absolute atomic E-state index is 0.636. The van der Waals surface area contributed by atoms with Gasteiger partial charge in [0.15, 0.2) is 17.2 Å². The highest BCUT2D eigenvalue weighted by Gasteiger charge is 2.12. The second-order valence-corrected chi connectivity index (χ2v) is 13.5. The third-order valence-corrected chi connectivity index (χ3v) is 10.5. The van der Waals surface area contributed by atoms with E-state index in [4.69, 9.17) is 9.40 Å². The summed E-state index contributed by atoms with van der Waals surface area (Å²) in [7, 11) is 0. The molecule has 0 fully saturated rings. The van der Waals surface area contributed by atoms with Gasteiger partial charge in [-0.15, -0.1) is 11.3 Å². The standard InChI is InChI=1S/C44H26N4OS/c1-2-13-41-36(12-1)38-24-32(15-17-42(38)50-41)30-9-5-11-34(22-30)44-47-26-46-43(48-44)33-10-4-8-29(21-33)27-6-3-7-28(20-27)31-14-16-39-37(23-31)35-18-19-45-25-40(35)49-39/h1-26H. The number of furan rings is 1. The summed E-state index contributed by atoms with van der Waals surface area (Å²) in [5.74, 6) is 1.28. The van der Waals surface area contributed by atoms with Crippen molar-refractivity contribution in [1.82, 2.24) is 19.9 Å². The number of aromatic nitrogens is 4. The summed E-state index contributed by atoms with van der Waals surface area (Å²) < 4.78 is 8.60. The van der Waals surface area contributed by atoms with Crippen LogP contribution in [0.3, 0.4) is 0 Å². The predicted octanol–water partition coefficient (Wildman–Crippen LogP) is 11.9. The lowest BCUT2D eigenvalue weighted by atomic mass is 9.97. The Morgan fingerprint density at radius 2 is 1.00 bits per heavy atom. The van der Waals surface area contributed by atoms with E-state index in [1.54, 1.807) is 18.7 Å². The molecule has 0 saturated carbocycles. The van der Waals surface area contributed by atoms with E-state index < -0.39 is 0 Å². The zero-order chi connectivity index (χ0) is 33.0. The summed E-state index contributed by atoms with van der Waals surface area (Å²) in [5.41, 5.74) is 10.3. The van der Waals surface area contributed by atoms with Crippen molar-refractivity contribution in [2.45, 2.75) is 0 Å². The van der Waals surface area contributed by atoms with Gasteiger partial charge in [0.2, 0.25) is 0 Å². The molecule has 10 aromatic rings. The quantitative estimate of drug-likeness (QED) is 0.184. The summed E-state index contributed by atoms with van der Waals surface area (Å²) >= 11 is 1.83. The molecule has 6 aromatic carbocycles. The molecule has 0 N–H and O–H groups in total. The third-order valence-electron chi connectivity index (χ3n) is 9.33. The van der Waals surface area contributed by atoms with Crippen LogP contribution in [0.1, 0.15) is 0 Å². The van der Waals surface area contributed by atoms with E-state index in [1.165, 1.54) is 25.7 Å². The molecule has 0 aliphatic heterocycles. The van der Waals surface area contributed by atoms with Crippen LogP contribution in [-0.2, 0) is 0 Å². The van der Waals surface area contributed by atoms with Crippen LogP contribution in [0, 0.1) is 0 Å². The number of rotatable bonds is 5. The van der Waals surface area contributed by atoms with Gasteiger partial charge >= 0.3 is 0 Å². The molecular weight excluding hydrogens is 633 g/mol. The van der Waals surface area contributed by atoms with Crippen LogP contribution in [0.25, 0.3) is 98.3 Å². The van der Waals surface area contributed by atoms with Gasteiger partial charge < -0.3 is 4.42 Å². The van der Waals surface area contributed by atoms with Crippen LogP contribution >= 0.6 is 11.3 Å². The molecule has 10 rings (SSSR count). The van der Waals surface area contributed by atoms with Crippen molar-refractivity contribution in [2.24, 2.45) is 0 Å². The van der Waals surface area contributed by atoms with E-state index >= 15 is 0 Å². The Morgan fingerprint density at radius 1 is 0.420 bits per heavy atom. The van der Waals surface area contributed by atoms with E-state index in [1.807, 2.05) is 23.5 Å². The lowest BCUT2D eigenvalue weighted by Crippen LogP contribution is -1.95. The minimum Gasteiger partial charge on any atom is -0.454 e. The van der Waals surface area contributed by atoms with Crippen LogP contribution in [0.2, 0.25) is 0 Å². The molecule has 4 heterocycles. The summed E-state index contributed by atoms with van der Waals surface area (Å²) in [6.45, 7) is 0. The number of nitrogens with zero attached hydrogens (tertiary/aromatic N) is 4. The molecule has 50 heavy (non-hydrogen) atoms. The Morgan fingerprint density at radius 3 is 1.72 bits per heavy atom. The zero-order valence-electron chi connectivity index (χ0n) is 26.6. The van der Waals surface area contributed by atoms with Gasteiger partial charge in [0, 0.05) is 48.3 Å². The van der Waals surface area contributed by atoms with E-state index in [2.05, 4.69) is 142 Å². The molecule has 0 atom stereocenters. The largest absolute Gasteiger partial charge is 0.454 e. The number of hydrogen-bond acceptors (Lipinski definition) is 6. The number of hydrogen-bond donors (Lipinski definition) is 0. The van der Waals surface area contributed by atoms with Gasteiger partial charge in [0.05, 0.1) is 6.20 Å². The first-order chi connectivity index (χ1) is 24.7. The number of pyridine rings is 1. The molecule has 0 aliphatic carbocycles. The SMILES string of the molecule is c1cc(-c2cccc(-c3ncnc(-c4cccc(-c5ccc6sc7ccccc7c6c5)c4)n3)c2)cc(-c2ccc3oc4cnccc4c3c2)c1. The Kier molecular flexibility index (Phi) is 6.60. The van der Waals surface area contributed by atoms with E-state index in [9.17, 15) is 0 Å². The van der Waals surface area contributed by atoms with Crippen molar-refractivity contribution in [2.75, 3.05) is 0 Å². The van der Waals surface area contributed by atoms with Gasteiger partial charge in [-0.05, 0) is 88.0 Å². The van der Waals surface area contributed by atoms with E-state index in [0.717, 1.165) is 60.9 Å². The van der Waals surface area contributed by atoms with E-state index in [-0.39, 0.29) is 0 Å². The van der Waals surface area contributed by atoms with Crippen LogP contribution < -0.4 is 0 Å².